The summed E-state index contributed by atoms with van der Waals surface area (Å²) in [5.41, 5.74) is -0.370. The molecule has 1 saturated heterocycles. The van der Waals surface area contributed by atoms with Gasteiger partial charge < -0.3 is 9.31 Å². The Kier molecular flexibility index (Phi) is 5.09. The molecule has 0 aliphatic carbocycles. The Hall–Kier alpha value is -0.0151. The van der Waals surface area contributed by atoms with Gasteiger partial charge in [0.15, 0.2) is 0 Å². The highest BCUT2D eigenvalue weighted by Crippen LogP contribution is 2.40. The molecular weight excluding hydrogens is 211 g/mol. The molecule has 17 heavy (non-hydrogen) atoms. The molecule has 0 amide bonds. The van der Waals surface area contributed by atoms with Crippen LogP contribution in [-0.4, -0.2) is 18.3 Å². The minimum atomic E-state index is -0.185. The van der Waals surface area contributed by atoms with Crippen LogP contribution in [0.2, 0.25) is 5.82 Å². The van der Waals surface area contributed by atoms with Gasteiger partial charge in [0.25, 0.3) is 0 Å². The van der Waals surface area contributed by atoms with Crippen molar-refractivity contribution in [3.8, 4) is 0 Å². The van der Waals surface area contributed by atoms with E-state index in [1.807, 2.05) is 0 Å². The van der Waals surface area contributed by atoms with Crippen molar-refractivity contribution in [3.63, 3.8) is 0 Å². The number of hydrogen-bond acceptors (Lipinski definition) is 2. The predicted octanol–water partition coefficient (Wildman–Crippen LogP) is 4.44. The van der Waals surface area contributed by atoms with Crippen molar-refractivity contribution in [3.05, 3.63) is 0 Å². The second kappa shape index (κ2) is 5.75. The van der Waals surface area contributed by atoms with Gasteiger partial charge in [-0.1, -0.05) is 46.0 Å². The zero-order chi connectivity index (χ0) is 13.1. The van der Waals surface area contributed by atoms with Crippen LogP contribution in [0.25, 0.3) is 0 Å². The monoisotopic (exact) mass is 240 g/mol. The van der Waals surface area contributed by atoms with Crippen molar-refractivity contribution in [1.82, 2.24) is 0 Å². The Labute approximate surface area is 108 Å². The van der Waals surface area contributed by atoms with Crippen LogP contribution in [0.4, 0.5) is 0 Å². The van der Waals surface area contributed by atoms with Crippen LogP contribution in [0, 0.1) is 0 Å². The van der Waals surface area contributed by atoms with Crippen molar-refractivity contribution >= 4 is 7.12 Å². The van der Waals surface area contributed by atoms with E-state index in [2.05, 4.69) is 41.5 Å². The summed E-state index contributed by atoms with van der Waals surface area (Å²) >= 11 is 0. The second-order valence-electron chi connectivity index (χ2n) is 6.45. The third-order valence-electron chi connectivity index (χ3n) is 4.25. The molecule has 0 bridgehead atoms. The summed E-state index contributed by atoms with van der Waals surface area (Å²) in [5, 5.41) is 0. The molecule has 0 unspecified atom stereocenters. The molecule has 1 aliphatic heterocycles. The summed E-state index contributed by atoms with van der Waals surface area (Å²) in [7, 11) is -0.0263. The van der Waals surface area contributed by atoms with E-state index >= 15 is 0 Å². The number of hydrogen-bond donors (Lipinski definition) is 0. The molecule has 1 rings (SSSR count). The molecule has 100 valence electrons. The summed E-state index contributed by atoms with van der Waals surface area (Å²) in [5.74, 6) is 0.493. The summed E-state index contributed by atoms with van der Waals surface area (Å²) in [6, 6.07) is 0. The molecule has 0 radical (unpaired) electrons. The van der Waals surface area contributed by atoms with Crippen LogP contribution in [0.5, 0.6) is 0 Å². The number of unbranched alkanes of at least 4 members (excludes halogenated alkanes) is 3. The van der Waals surface area contributed by atoms with E-state index in [4.69, 9.17) is 9.31 Å². The van der Waals surface area contributed by atoms with Crippen molar-refractivity contribution in [2.75, 3.05) is 0 Å². The lowest BCUT2D eigenvalue weighted by molar-refractivity contribution is 0.00578. The molecule has 0 aromatic heterocycles. The lowest BCUT2D eigenvalue weighted by Gasteiger charge is -2.32. The van der Waals surface area contributed by atoms with E-state index in [0.29, 0.717) is 5.82 Å². The first-order chi connectivity index (χ1) is 7.80. The van der Waals surface area contributed by atoms with Crippen LogP contribution < -0.4 is 0 Å². The largest absolute Gasteiger partial charge is 0.460 e. The smallest absolute Gasteiger partial charge is 0.403 e. The van der Waals surface area contributed by atoms with Crippen molar-refractivity contribution in [2.24, 2.45) is 0 Å². The van der Waals surface area contributed by atoms with Gasteiger partial charge in [-0.25, -0.2) is 0 Å². The molecule has 0 N–H and O–H groups in total. The maximum atomic E-state index is 6.06. The van der Waals surface area contributed by atoms with E-state index in [-0.39, 0.29) is 18.3 Å². The maximum Gasteiger partial charge on any atom is 0.460 e. The van der Waals surface area contributed by atoms with Gasteiger partial charge in [-0.2, -0.15) is 0 Å². The van der Waals surface area contributed by atoms with E-state index in [1.54, 1.807) is 0 Å². The first-order valence-electron chi connectivity index (χ1n) is 7.16. The van der Waals surface area contributed by atoms with Crippen LogP contribution in [0.1, 0.15) is 73.6 Å². The van der Waals surface area contributed by atoms with E-state index in [0.717, 1.165) is 0 Å². The minimum absolute atomic E-state index is 0.0263. The molecule has 1 fully saturated rings. The summed E-state index contributed by atoms with van der Waals surface area (Å²) in [6.45, 7) is 13.0. The second-order valence-corrected chi connectivity index (χ2v) is 6.45. The lowest BCUT2D eigenvalue weighted by Crippen LogP contribution is -2.41. The molecule has 1 atom stereocenters. The van der Waals surface area contributed by atoms with Crippen molar-refractivity contribution in [2.45, 2.75) is 90.7 Å². The van der Waals surface area contributed by atoms with E-state index in [9.17, 15) is 0 Å². The van der Waals surface area contributed by atoms with Gasteiger partial charge >= 0.3 is 7.12 Å². The summed E-state index contributed by atoms with van der Waals surface area (Å²) in [4.78, 5) is 0. The first-order valence-corrected chi connectivity index (χ1v) is 7.16. The average Bonchev–Trinajstić information content (AvgIpc) is 2.43. The fraction of sp³-hybridized carbons (Fsp3) is 1.00. The zero-order valence-electron chi connectivity index (χ0n) is 12.5. The van der Waals surface area contributed by atoms with Gasteiger partial charge in [-0.15, -0.1) is 0 Å². The third kappa shape index (κ3) is 3.72. The first kappa shape index (κ1) is 15.0. The Morgan fingerprint density at radius 1 is 0.941 bits per heavy atom. The standard InChI is InChI=1S/C14H29BO2/c1-7-8-9-10-11-12(2)15-16-13(3,4)14(5,6)17-15/h12H,7-11H2,1-6H3/t12-/m0/s1. The molecule has 0 spiro atoms. The quantitative estimate of drug-likeness (QED) is 0.504. The predicted molar refractivity (Wildman–Crippen MR) is 74.3 cm³/mol. The van der Waals surface area contributed by atoms with Crippen molar-refractivity contribution < 1.29 is 9.31 Å². The van der Waals surface area contributed by atoms with Crippen LogP contribution >= 0.6 is 0 Å². The Balaban J connectivity index is 2.37. The van der Waals surface area contributed by atoms with Crippen molar-refractivity contribution in [1.29, 1.82) is 0 Å². The molecule has 1 heterocycles. The normalized spacial score (nSPS) is 24.0. The third-order valence-corrected chi connectivity index (χ3v) is 4.25. The fourth-order valence-electron chi connectivity index (χ4n) is 2.15. The van der Waals surface area contributed by atoms with E-state index < -0.39 is 0 Å². The van der Waals surface area contributed by atoms with Crippen LogP contribution in [0.15, 0.2) is 0 Å². The molecule has 0 saturated carbocycles. The molecular formula is C14H29BO2. The Bertz CT molecular complexity index is 222. The van der Waals surface area contributed by atoms with Gasteiger partial charge in [0.1, 0.15) is 0 Å². The molecule has 2 nitrogen and oxygen atoms in total. The van der Waals surface area contributed by atoms with Gasteiger partial charge in [0, 0.05) is 0 Å². The summed E-state index contributed by atoms with van der Waals surface area (Å²) in [6.07, 6.45) is 6.47. The van der Waals surface area contributed by atoms with Gasteiger partial charge in [-0.05, 0) is 33.5 Å². The minimum Gasteiger partial charge on any atom is -0.403 e. The Morgan fingerprint density at radius 3 is 1.94 bits per heavy atom. The van der Waals surface area contributed by atoms with Crippen LogP contribution in [-0.2, 0) is 9.31 Å². The maximum absolute atomic E-state index is 6.06. The highest BCUT2D eigenvalue weighted by atomic mass is 16.7. The zero-order valence-corrected chi connectivity index (χ0v) is 12.5. The van der Waals surface area contributed by atoms with Gasteiger partial charge in [0.05, 0.1) is 11.2 Å². The fourth-order valence-corrected chi connectivity index (χ4v) is 2.15. The lowest BCUT2D eigenvalue weighted by atomic mass is 9.70. The molecule has 0 aromatic rings. The SMILES string of the molecule is CCCCCC[C@H](C)B1OC(C)(C)C(C)(C)O1. The van der Waals surface area contributed by atoms with Crippen LogP contribution in [0.3, 0.4) is 0 Å². The van der Waals surface area contributed by atoms with E-state index in [1.165, 1.54) is 32.1 Å². The molecule has 3 heteroatoms. The topological polar surface area (TPSA) is 18.5 Å². The number of rotatable bonds is 6. The average molecular weight is 240 g/mol. The summed E-state index contributed by atoms with van der Waals surface area (Å²) < 4.78 is 12.1. The highest BCUT2D eigenvalue weighted by molar-refractivity contribution is 6.47. The molecule has 0 aromatic carbocycles. The highest BCUT2D eigenvalue weighted by Gasteiger charge is 2.52. The molecule has 1 aliphatic rings. The Morgan fingerprint density at radius 2 is 1.47 bits per heavy atom. The van der Waals surface area contributed by atoms with Gasteiger partial charge in [-0.3, -0.25) is 0 Å². The van der Waals surface area contributed by atoms with Gasteiger partial charge in [0.2, 0.25) is 0 Å².